The summed E-state index contributed by atoms with van der Waals surface area (Å²) in [6.45, 7) is 6.82. The molecule has 2 heterocycles. The van der Waals surface area contributed by atoms with Crippen LogP contribution in [0.15, 0.2) is 65.1 Å². The molecule has 0 saturated carbocycles. The summed E-state index contributed by atoms with van der Waals surface area (Å²) in [5, 5.41) is 3.56. The predicted molar refractivity (Wildman–Crippen MR) is 128 cm³/mol. The van der Waals surface area contributed by atoms with Crippen LogP contribution in [0.1, 0.15) is 12.7 Å². The molecule has 3 aromatic rings. The first-order chi connectivity index (χ1) is 15.5. The second-order valence-corrected chi connectivity index (χ2v) is 8.00. The van der Waals surface area contributed by atoms with Crippen molar-refractivity contribution in [2.45, 2.75) is 6.92 Å². The van der Waals surface area contributed by atoms with Gasteiger partial charge in [0, 0.05) is 37.8 Å². The topological polar surface area (TPSA) is 48.7 Å². The molecule has 1 amide bonds. The Balaban J connectivity index is 1.44. The molecule has 1 aliphatic rings. The van der Waals surface area contributed by atoms with Gasteiger partial charge in [-0.3, -0.25) is 4.79 Å². The Hall–Kier alpha value is -3.09. The molecule has 0 bridgehead atoms. The molecule has 1 saturated heterocycles. The number of anilines is 2. The number of hydrogen-bond acceptors (Lipinski definition) is 4. The highest BCUT2D eigenvalue weighted by Gasteiger charge is 2.21. The maximum absolute atomic E-state index is 13.1. The van der Waals surface area contributed by atoms with E-state index in [4.69, 9.17) is 16.0 Å². The number of halogens is 2. The van der Waals surface area contributed by atoms with Crippen LogP contribution in [0, 0.1) is 5.82 Å². The van der Waals surface area contributed by atoms with Crippen molar-refractivity contribution < 1.29 is 13.6 Å². The van der Waals surface area contributed by atoms with Crippen LogP contribution in [0.4, 0.5) is 15.8 Å². The van der Waals surface area contributed by atoms with E-state index in [0.29, 0.717) is 22.2 Å². The lowest BCUT2D eigenvalue weighted by Gasteiger charge is -2.36. The summed E-state index contributed by atoms with van der Waals surface area (Å²) >= 11 is 6.50. The number of hydrogen-bond donors (Lipinski definition) is 1. The van der Waals surface area contributed by atoms with Crippen LogP contribution in [-0.4, -0.2) is 43.5 Å². The summed E-state index contributed by atoms with van der Waals surface area (Å²) in [6.07, 6.45) is 3.03. The van der Waals surface area contributed by atoms with Gasteiger partial charge in [-0.1, -0.05) is 24.6 Å². The van der Waals surface area contributed by atoms with Crippen LogP contribution in [0.5, 0.6) is 0 Å². The Morgan fingerprint density at radius 1 is 1.09 bits per heavy atom. The molecule has 4 rings (SSSR count). The molecule has 166 valence electrons. The van der Waals surface area contributed by atoms with E-state index >= 15 is 0 Å². The normalized spacial score (nSPS) is 14.8. The van der Waals surface area contributed by atoms with E-state index < -0.39 is 0 Å². The number of benzene rings is 2. The highest BCUT2D eigenvalue weighted by Crippen LogP contribution is 2.34. The average molecular weight is 454 g/mol. The lowest BCUT2D eigenvalue weighted by atomic mass is 10.2. The van der Waals surface area contributed by atoms with Gasteiger partial charge in [-0.15, -0.1) is 0 Å². The van der Waals surface area contributed by atoms with Crippen LogP contribution in [0.2, 0.25) is 5.02 Å². The minimum Gasteiger partial charge on any atom is -0.457 e. The van der Waals surface area contributed by atoms with Crippen molar-refractivity contribution >= 4 is 35.0 Å². The molecule has 32 heavy (non-hydrogen) atoms. The molecule has 7 heteroatoms. The maximum atomic E-state index is 13.1. The summed E-state index contributed by atoms with van der Waals surface area (Å²) < 4.78 is 18.8. The van der Waals surface area contributed by atoms with Gasteiger partial charge < -0.3 is 19.5 Å². The number of piperazine rings is 1. The molecule has 1 aliphatic heterocycles. The second kappa shape index (κ2) is 10.0. The van der Waals surface area contributed by atoms with Crippen molar-refractivity contribution in [2.75, 3.05) is 42.9 Å². The van der Waals surface area contributed by atoms with Crippen LogP contribution >= 0.6 is 11.6 Å². The maximum Gasteiger partial charge on any atom is 0.248 e. The largest absolute Gasteiger partial charge is 0.457 e. The Morgan fingerprint density at radius 2 is 1.84 bits per heavy atom. The third kappa shape index (κ3) is 5.21. The number of para-hydroxylation sites is 1. The molecule has 0 unspecified atom stereocenters. The van der Waals surface area contributed by atoms with E-state index in [-0.39, 0.29) is 11.7 Å². The fourth-order valence-electron chi connectivity index (χ4n) is 3.77. The summed E-state index contributed by atoms with van der Waals surface area (Å²) in [4.78, 5) is 17.2. The molecule has 1 N–H and O–H groups in total. The number of carbonyl (C=O) groups excluding carboxylic acids is 1. The first-order valence-electron chi connectivity index (χ1n) is 10.6. The Kier molecular flexibility index (Phi) is 6.93. The van der Waals surface area contributed by atoms with Gasteiger partial charge in [-0.25, -0.2) is 4.39 Å². The molecule has 0 aliphatic carbocycles. The summed E-state index contributed by atoms with van der Waals surface area (Å²) in [7, 11) is 0. The number of nitrogens with zero attached hydrogens (tertiary/aromatic N) is 2. The van der Waals surface area contributed by atoms with E-state index in [1.165, 1.54) is 18.2 Å². The fraction of sp³-hybridized carbons (Fsp3) is 0.240. The molecule has 1 fully saturated rings. The molecule has 2 aromatic carbocycles. The minimum atomic E-state index is -0.301. The summed E-state index contributed by atoms with van der Waals surface area (Å²) in [5.41, 5.74) is 2.30. The lowest BCUT2D eigenvalue weighted by molar-refractivity contribution is -0.111. The number of rotatable bonds is 6. The van der Waals surface area contributed by atoms with Crippen molar-refractivity contribution in [1.29, 1.82) is 0 Å². The molecule has 1 aromatic heterocycles. The molecule has 0 atom stereocenters. The lowest BCUT2D eigenvalue weighted by Crippen LogP contribution is -2.46. The summed E-state index contributed by atoms with van der Waals surface area (Å²) in [5.74, 6) is 0.556. The monoisotopic (exact) mass is 453 g/mol. The van der Waals surface area contributed by atoms with E-state index in [2.05, 4.69) is 22.0 Å². The minimum absolute atomic E-state index is 0.277. The Labute approximate surface area is 192 Å². The zero-order valence-electron chi connectivity index (χ0n) is 17.9. The van der Waals surface area contributed by atoms with Crippen LogP contribution in [-0.2, 0) is 4.79 Å². The first kappa shape index (κ1) is 22.1. The molecular weight excluding hydrogens is 429 g/mol. The van der Waals surface area contributed by atoms with Crippen molar-refractivity contribution in [3.05, 3.63) is 77.3 Å². The second-order valence-electron chi connectivity index (χ2n) is 7.59. The zero-order chi connectivity index (χ0) is 22.5. The standard InChI is InChI=1S/C25H25ClFN3O2/c1-2-29-14-16-30(17-15-29)25-21(26)4-3-5-22(25)28-24(31)13-11-20-10-12-23(32-20)18-6-8-19(27)9-7-18/h3-13H,2,14-17H2,1H3,(H,28,31)/b13-11+. The Morgan fingerprint density at radius 3 is 2.56 bits per heavy atom. The number of carbonyl (C=O) groups is 1. The SMILES string of the molecule is CCN1CCN(c2c(Cl)cccc2NC(=O)/C=C/c2ccc(-c3ccc(F)cc3)o2)CC1. The van der Waals surface area contributed by atoms with Gasteiger partial charge in [0.25, 0.3) is 0 Å². The third-order valence-electron chi connectivity index (χ3n) is 5.53. The van der Waals surface area contributed by atoms with Gasteiger partial charge in [0.1, 0.15) is 17.3 Å². The molecule has 5 nitrogen and oxygen atoms in total. The third-order valence-corrected chi connectivity index (χ3v) is 5.84. The fourth-order valence-corrected chi connectivity index (χ4v) is 4.06. The quantitative estimate of drug-likeness (QED) is 0.498. The van der Waals surface area contributed by atoms with Crippen LogP contribution < -0.4 is 10.2 Å². The Bertz CT molecular complexity index is 1100. The van der Waals surface area contributed by atoms with Gasteiger partial charge in [0.15, 0.2) is 0 Å². The van der Waals surface area contributed by atoms with Gasteiger partial charge in [-0.05, 0) is 61.2 Å². The highest BCUT2D eigenvalue weighted by molar-refractivity contribution is 6.34. The van der Waals surface area contributed by atoms with Gasteiger partial charge in [-0.2, -0.15) is 0 Å². The zero-order valence-corrected chi connectivity index (χ0v) is 18.6. The first-order valence-corrected chi connectivity index (χ1v) is 11.0. The summed E-state index contributed by atoms with van der Waals surface area (Å²) in [6, 6.07) is 15.1. The van der Waals surface area contributed by atoms with Crippen molar-refractivity contribution in [1.82, 2.24) is 4.90 Å². The van der Waals surface area contributed by atoms with E-state index in [1.54, 1.807) is 30.3 Å². The molecule has 0 radical (unpaired) electrons. The number of nitrogens with one attached hydrogen (secondary N) is 1. The van der Waals surface area contributed by atoms with Crippen LogP contribution in [0.25, 0.3) is 17.4 Å². The van der Waals surface area contributed by atoms with E-state index in [9.17, 15) is 9.18 Å². The van der Waals surface area contributed by atoms with Crippen molar-refractivity contribution in [3.8, 4) is 11.3 Å². The van der Waals surface area contributed by atoms with Gasteiger partial charge in [0.05, 0.1) is 16.4 Å². The van der Waals surface area contributed by atoms with Gasteiger partial charge in [0.2, 0.25) is 5.91 Å². The predicted octanol–water partition coefficient (Wildman–Crippen LogP) is 5.53. The number of amides is 1. The van der Waals surface area contributed by atoms with Crippen LogP contribution in [0.3, 0.4) is 0 Å². The van der Waals surface area contributed by atoms with E-state index in [1.807, 2.05) is 18.2 Å². The highest BCUT2D eigenvalue weighted by atomic mass is 35.5. The molecule has 0 spiro atoms. The van der Waals surface area contributed by atoms with E-state index in [0.717, 1.165) is 44.0 Å². The van der Waals surface area contributed by atoms with Crippen molar-refractivity contribution in [2.24, 2.45) is 0 Å². The number of likely N-dealkylation sites (N-methyl/N-ethyl adjacent to an activating group) is 1. The number of furan rings is 1. The average Bonchev–Trinajstić information content (AvgIpc) is 3.28. The van der Waals surface area contributed by atoms with Crippen molar-refractivity contribution in [3.63, 3.8) is 0 Å². The van der Waals surface area contributed by atoms with Gasteiger partial charge >= 0.3 is 0 Å². The molecular formula is C25H25ClFN3O2. The smallest absolute Gasteiger partial charge is 0.248 e.